The number of hydrogen-bond acceptors (Lipinski definition) is 4. The van der Waals surface area contributed by atoms with Gasteiger partial charge in [0, 0.05) is 13.1 Å². The predicted molar refractivity (Wildman–Crippen MR) is 109 cm³/mol. The van der Waals surface area contributed by atoms with Crippen molar-refractivity contribution in [2.75, 3.05) is 45.9 Å². The number of nitrogens with zero attached hydrogens (tertiary/aromatic N) is 2. The first kappa shape index (κ1) is 21.2. The number of morpholine rings is 1. The zero-order valence-electron chi connectivity index (χ0n) is 17.2. The van der Waals surface area contributed by atoms with Crippen LogP contribution >= 0.6 is 0 Å². The molecule has 1 amide bonds. The van der Waals surface area contributed by atoms with Crippen LogP contribution in [0.1, 0.15) is 44.7 Å². The molecule has 2 unspecified atom stereocenters. The lowest BCUT2D eigenvalue weighted by Gasteiger charge is -2.36. The van der Waals surface area contributed by atoms with Crippen LogP contribution in [0.4, 0.5) is 4.39 Å². The van der Waals surface area contributed by atoms with Gasteiger partial charge in [0.1, 0.15) is 5.82 Å². The van der Waals surface area contributed by atoms with Gasteiger partial charge < -0.3 is 10.1 Å². The molecule has 2 fully saturated rings. The van der Waals surface area contributed by atoms with Crippen molar-refractivity contribution in [2.45, 2.75) is 45.2 Å². The molecule has 2 saturated heterocycles. The van der Waals surface area contributed by atoms with Gasteiger partial charge in [-0.15, -0.1) is 0 Å². The number of halogens is 1. The Hall–Kier alpha value is -1.50. The van der Waals surface area contributed by atoms with E-state index >= 15 is 0 Å². The van der Waals surface area contributed by atoms with Crippen molar-refractivity contribution < 1.29 is 13.9 Å². The predicted octanol–water partition coefficient (Wildman–Crippen LogP) is 2.83. The molecular weight excluding hydrogens is 357 g/mol. The number of benzene rings is 1. The van der Waals surface area contributed by atoms with Crippen molar-refractivity contribution in [3.8, 4) is 0 Å². The Bertz CT molecular complexity index is 611. The third-order valence-corrected chi connectivity index (χ3v) is 6.26. The minimum atomic E-state index is -0.257. The number of nitrogens with one attached hydrogen (secondary N) is 1. The Morgan fingerprint density at radius 2 is 1.79 bits per heavy atom. The SMILES string of the molecule is CC(NC(=O)C(C)N1CCC(CCN2CCOCC2)CC1)c1ccc(F)cc1. The van der Waals surface area contributed by atoms with Crippen molar-refractivity contribution in [1.29, 1.82) is 0 Å². The summed E-state index contributed by atoms with van der Waals surface area (Å²) in [6.45, 7) is 10.9. The average Bonchev–Trinajstić information content (AvgIpc) is 2.73. The maximum absolute atomic E-state index is 13.1. The smallest absolute Gasteiger partial charge is 0.237 e. The molecule has 1 aromatic rings. The molecule has 0 aliphatic carbocycles. The van der Waals surface area contributed by atoms with Gasteiger partial charge in [0.2, 0.25) is 5.91 Å². The van der Waals surface area contributed by atoms with Crippen LogP contribution < -0.4 is 5.32 Å². The maximum atomic E-state index is 13.1. The van der Waals surface area contributed by atoms with E-state index in [9.17, 15) is 9.18 Å². The van der Waals surface area contributed by atoms with Gasteiger partial charge in [0.05, 0.1) is 25.3 Å². The van der Waals surface area contributed by atoms with E-state index in [1.165, 1.54) is 25.1 Å². The summed E-state index contributed by atoms with van der Waals surface area (Å²) in [6.07, 6.45) is 3.57. The van der Waals surface area contributed by atoms with Crippen LogP contribution in [-0.4, -0.2) is 67.7 Å². The van der Waals surface area contributed by atoms with Gasteiger partial charge >= 0.3 is 0 Å². The number of amides is 1. The summed E-state index contributed by atoms with van der Waals surface area (Å²) in [5, 5.41) is 3.07. The molecule has 28 heavy (non-hydrogen) atoms. The van der Waals surface area contributed by atoms with Crippen molar-refractivity contribution in [1.82, 2.24) is 15.1 Å². The number of carbonyl (C=O) groups excluding carboxylic acids is 1. The average molecular weight is 392 g/mol. The van der Waals surface area contributed by atoms with E-state index < -0.39 is 0 Å². The zero-order valence-corrected chi connectivity index (χ0v) is 17.2. The highest BCUT2D eigenvalue weighted by molar-refractivity contribution is 5.81. The summed E-state index contributed by atoms with van der Waals surface area (Å²) in [6, 6.07) is 6.06. The Balaban J connectivity index is 1.39. The fourth-order valence-corrected chi connectivity index (χ4v) is 4.15. The fourth-order valence-electron chi connectivity index (χ4n) is 4.15. The maximum Gasteiger partial charge on any atom is 0.237 e. The minimum Gasteiger partial charge on any atom is -0.379 e. The third-order valence-electron chi connectivity index (χ3n) is 6.26. The number of rotatable bonds is 7. The van der Waals surface area contributed by atoms with E-state index in [0.717, 1.165) is 63.7 Å². The summed E-state index contributed by atoms with van der Waals surface area (Å²) in [7, 11) is 0. The molecule has 156 valence electrons. The van der Waals surface area contributed by atoms with Gasteiger partial charge in [-0.3, -0.25) is 14.6 Å². The van der Waals surface area contributed by atoms with Crippen molar-refractivity contribution in [3.05, 3.63) is 35.6 Å². The Labute approximate surface area is 168 Å². The van der Waals surface area contributed by atoms with Crippen LogP contribution in [0.15, 0.2) is 24.3 Å². The van der Waals surface area contributed by atoms with E-state index in [4.69, 9.17) is 4.74 Å². The highest BCUT2D eigenvalue weighted by Gasteiger charge is 2.27. The van der Waals surface area contributed by atoms with Crippen LogP contribution in [0.5, 0.6) is 0 Å². The Morgan fingerprint density at radius 3 is 2.43 bits per heavy atom. The van der Waals surface area contributed by atoms with E-state index in [1.807, 2.05) is 13.8 Å². The van der Waals surface area contributed by atoms with Crippen molar-refractivity contribution in [2.24, 2.45) is 5.92 Å². The van der Waals surface area contributed by atoms with E-state index in [-0.39, 0.29) is 23.8 Å². The first-order chi connectivity index (χ1) is 13.5. The van der Waals surface area contributed by atoms with Gasteiger partial charge in [-0.1, -0.05) is 12.1 Å². The van der Waals surface area contributed by atoms with Crippen LogP contribution in [0.25, 0.3) is 0 Å². The first-order valence-electron chi connectivity index (χ1n) is 10.6. The summed E-state index contributed by atoms with van der Waals surface area (Å²) in [4.78, 5) is 17.5. The van der Waals surface area contributed by atoms with E-state index in [0.29, 0.717) is 0 Å². The fraction of sp³-hybridized carbons (Fsp3) is 0.682. The summed E-state index contributed by atoms with van der Waals surface area (Å²) < 4.78 is 18.5. The van der Waals surface area contributed by atoms with Crippen LogP contribution in [-0.2, 0) is 9.53 Å². The summed E-state index contributed by atoms with van der Waals surface area (Å²) in [5.74, 6) is 0.545. The largest absolute Gasteiger partial charge is 0.379 e. The first-order valence-corrected chi connectivity index (χ1v) is 10.6. The molecule has 1 N–H and O–H groups in total. The van der Waals surface area contributed by atoms with E-state index in [1.54, 1.807) is 12.1 Å². The van der Waals surface area contributed by atoms with Gasteiger partial charge in [-0.2, -0.15) is 0 Å². The summed E-state index contributed by atoms with van der Waals surface area (Å²) >= 11 is 0. The van der Waals surface area contributed by atoms with Gasteiger partial charge in [-0.05, 0) is 76.4 Å². The molecule has 2 aliphatic heterocycles. The molecule has 5 nitrogen and oxygen atoms in total. The lowest BCUT2D eigenvalue weighted by atomic mass is 9.92. The molecule has 0 radical (unpaired) electrons. The zero-order chi connectivity index (χ0) is 19.9. The minimum absolute atomic E-state index is 0.0450. The molecule has 6 heteroatoms. The molecule has 0 aromatic heterocycles. The van der Waals surface area contributed by atoms with Crippen LogP contribution in [0, 0.1) is 11.7 Å². The number of ether oxygens (including phenoxy) is 1. The molecular formula is C22H34FN3O2. The molecule has 3 rings (SSSR count). The number of hydrogen-bond donors (Lipinski definition) is 1. The number of carbonyl (C=O) groups is 1. The molecule has 2 atom stereocenters. The molecule has 0 spiro atoms. The Kier molecular flexibility index (Phi) is 7.82. The highest BCUT2D eigenvalue weighted by Crippen LogP contribution is 2.23. The quantitative estimate of drug-likeness (QED) is 0.776. The summed E-state index contributed by atoms with van der Waals surface area (Å²) in [5.41, 5.74) is 0.920. The van der Waals surface area contributed by atoms with Crippen LogP contribution in [0.3, 0.4) is 0 Å². The lowest BCUT2D eigenvalue weighted by Crippen LogP contribution is -2.49. The topological polar surface area (TPSA) is 44.8 Å². The van der Waals surface area contributed by atoms with Crippen molar-refractivity contribution in [3.63, 3.8) is 0 Å². The van der Waals surface area contributed by atoms with E-state index in [2.05, 4.69) is 15.1 Å². The molecule has 2 heterocycles. The van der Waals surface area contributed by atoms with Gasteiger partial charge in [-0.25, -0.2) is 4.39 Å². The number of piperidine rings is 1. The molecule has 0 bridgehead atoms. The number of likely N-dealkylation sites (tertiary alicyclic amines) is 1. The molecule has 2 aliphatic rings. The van der Waals surface area contributed by atoms with Crippen molar-refractivity contribution >= 4 is 5.91 Å². The highest BCUT2D eigenvalue weighted by atomic mass is 19.1. The second-order valence-corrected chi connectivity index (χ2v) is 8.18. The Morgan fingerprint density at radius 1 is 1.14 bits per heavy atom. The molecule has 1 aromatic carbocycles. The van der Waals surface area contributed by atoms with Crippen LogP contribution in [0.2, 0.25) is 0 Å². The standard InChI is InChI=1S/C22H34FN3O2/c1-17(20-3-5-21(23)6-4-20)24-22(27)18(2)26-11-8-19(9-12-26)7-10-25-13-15-28-16-14-25/h3-6,17-19H,7-16H2,1-2H3,(H,24,27). The second-order valence-electron chi connectivity index (χ2n) is 8.18. The second kappa shape index (κ2) is 10.3. The molecule has 0 saturated carbocycles. The van der Waals surface area contributed by atoms with Gasteiger partial charge in [0.15, 0.2) is 0 Å². The third kappa shape index (κ3) is 6.00. The van der Waals surface area contributed by atoms with Gasteiger partial charge in [0.25, 0.3) is 0 Å². The normalized spacial score (nSPS) is 22.0. The lowest BCUT2D eigenvalue weighted by molar-refractivity contribution is -0.127. The monoisotopic (exact) mass is 391 g/mol.